The highest BCUT2D eigenvalue weighted by Gasteiger charge is 2.24. The molecule has 1 aliphatic heterocycles. The number of carbonyl (C=O) groups is 1. The van der Waals surface area contributed by atoms with E-state index in [4.69, 9.17) is 4.74 Å². The summed E-state index contributed by atoms with van der Waals surface area (Å²) < 4.78 is 18.6. The van der Waals surface area contributed by atoms with Crippen molar-refractivity contribution in [2.75, 3.05) is 26.3 Å². The third kappa shape index (κ3) is 4.10. The van der Waals surface area contributed by atoms with Gasteiger partial charge >= 0.3 is 0 Å². The molecular weight excluding hydrogens is 297 g/mol. The van der Waals surface area contributed by atoms with E-state index in [2.05, 4.69) is 9.97 Å². The van der Waals surface area contributed by atoms with Gasteiger partial charge in [0.15, 0.2) is 0 Å². The smallest absolute Gasteiger partial charge is 0.274 e. The third-order valence-electron chi connectivity index (χ3n) is 3.84. The molecule has 3 rings (SSSR count). The van der Waals surface area contributed by atoms with Crippen molar-refractivity contribution in [3.8, 4) is 0 Å². The molecule has 0 spiro atoms. The highest BCUT2D eigenvalue weighted by molar-refractivity contribution is 5.92. The van der Waals surface area contributed by atoms with Crippen LogP contribution in [0.1, 0.15) is 16.1 Å². The maximum Gasteiger partial charge on any atom is 0.274 e. The Labute approximate surface area is 134 Å². The number of hydrogen-bond donors (Lipinski definition) is 0. The molecule has 2 aromatic rings. The molecule has 2 heterocycles. The quantitative estimate of drug-likeness (QED) is 0.869. The SMILES string of the molecule is O=C(c1cnccn1)N1CCOCC(Cc2ccc(F)cc2)C1. The number of hydrogen-bond acceptors (Lipinski definition) is 4. The minimum atomic E-state index is -0.245. The molecule has 1 saturated heterocycles. The lowest BCUT2D eigenvalue weighted by Gasteiger charge is -2.23. The van der Waals surface area contributed by atoms with E-state index in [1.807, 2.05) is 0 Å². The van der Waals surface area contributed by atoms with Crippen LogP contribution in [0.4, 0.5) is 4.39 Å². The Morgan fingerprint density at radius 2 is 2.13 bits per heavy atom. The number of benzene rings is 1. The number of amides is 1. The maximum atomic E-state index is 13.0. The molecule has 1 fully saturated rings. The van der Waals surface area contributed by atoms with Gasteiger partial charge in [0.25, 0.3) is 5.91 Å². The molecular formula is C17H18FN3O2. The normalized spacial score (nSPS) is 18.5. The number of aromatic nitrogens is 2. The Morgan fingerprint density at radius 3 is 2.87 bits per heavy atom. The molecule has 0 N–H and O–H groups in total. The van der Waals surface area contributed by atoms with Crippen LogP contribution in [0.2, 0.25) is 0 Å². The van der Waals surface area contributed by atoms with Crippen LogP contribution in [-0.2, 0) is 11.2 Å². The van der Waals surface area contributed by atoms with Crippen molar-refractivity contribution in [2.24, 2.45) is 5.92 Å². The lowest BCUT2D eigenvalue weighted by atomic mass is 9.99. The summed E-state index contributed by atoms with van der Waals surface area (Å²) in [6.45, 7) is 2.22. The molecule has 1 atom stereocenters. The summed E-state index contributed by atoms with van der Waals surface area (Å²) in [6, 6.07) is 6.45. The summed E-state index contributed by atoms with van der Waals surface area (Å²) in [6.07, 6.45) is 5.27. The molecule has 5 nitrogen and oxygen atoms in total. The molecule has 6 heteroatoms. The molecule has 0 bridgehead atoms. The van der Waals surface area contributed by atoms with Gasteiger partial charge in [0.1, 0.15) is 11.5 Å². The van der Waals surface area contributed by atoms with Gasteiger partial charge in [0.2, 0.25) is 0 Å². The summed E-state index contributed by atoms with van der Waals surface area (Å²) >= 11 is 0. The number of nitrogens with zero attached hydrogens (tertiary/aromatic N) is 3. The van der Waals surface area contributed by atoms with Gasteiger partial charge in [-0.05, 0) is 24.1 Å². The number of carbonyl (C=O) groups excluding carboxylic acids is 1. The third-order valence-corrected chi connectivity index (χ3v) is 3.84. The monoisotopic (exact) mass is 315 g/mol. The summed E-state index contributed by atoms with van der Waals surface area (Å²) in [5.41, 5.74) is 1.38. The van der Waals surface area contributed by atoms with E-state index in [0.717, 1.165) is 12.0 Å². The van der Waals surface area contributed by atoms with Gasteiger partial charge in [0, 0.05) is 31.4 Å². The van der Waals surface area contributed by atoms with Gasteiger partial charge in [-0.3, -0.25) is 9.78 Å². The van der Waals surface area contributed by atoms with Crippen LogP contribution in [-0.4, -0.2) is 47.1 Å². The summed E-state index contributed by atoms with van der Waals surface area (Å²) in [5.74, 6) is -0.207. The fourth-order valence-electron chi connectivity index (χ4n) is 2.71. The van der Waals surface area contributed by atoms with Crippen LogP contribution in [0.3, 0.4) is 0 Å². The van der Waals surface area contributed by atoms with Gasteiger partial charge in [-0.2, -0.15) is 0 Å². The van der Waals surface area contributed by atoms with E-state index in [1.54, 1.807) is 23.2 Å². The molecule has 1 aromatic carbocycles. The van der Waals surface area contributed by atoms with Crippen molar-refractivity contribution in [3.63, 3.8) is 0 Å². The van der Waals surface area contributed by atoms with Gasteiger partial charge in [-0.1, -0.05) is 12.1 Å². The Balaban J connectivity index is 1.68. The number of rotatable bonds is 3. The van der Waals surface area contributed by atoms with Gasteiger partial charge < -0.3 is 9.64 Å². The van der Waals surface area contributed by atoms with Crippen LogP contribution in [0.25, 0.3) is 0 Å². The maximum absolute atomic E-state index is 13.0. The van der Waals surface area contributed by atoms with Crippen molar-refractivity contribution in [3.05, 3.63) is 59.9 Å². The lowest BCUT2D eigenvalue weighted by Crippen LogP contribution is -2.36. The molecule has 23 heavy (non-hydrogen) atoms. The molecule has 0 radical (unpaired) electrons. The Bertz CT molecular complexity index is 649. The molecule has 0 aliphatic carbocycles. The Hall–Kier alpha value is -2.34. The standard InChI is InChI=1S/C17H18FN3O2/c18-15-3-1-13(2-4-15)9-14-11-21(7-8-23-12-14)17(22)16-10-19-5-6-20-16/h1-6,10,14H,7-9,11-12H2. The first-order valence-corrected chi connectivity index (χ1v) is 7.60. The Morgan fingerprint density at radius 1 is 1.30 bits per heavy atom. The molecule has 120 valence electrons. The van der Waals surface area contributed by atoms with Crippen LogP contribution in [0.5, 0.6) is 0 Å². The summed E-state index contributed by atoms with van der Waals surface area (Å²) in [7, 11) is 0. The zero-order valence-corrected chi connectivity index (χ0v) is 12.7. The van der Waals surface area contributed by atoms with Crippen LogP contribution < -0.4 is 0 Å². The minimum absolute atomic E-state index is 0.132. The molecule has 1 aromatic heterocycles. The molecule has 1 amide bonds. The summed E-state index contributed by atoms with van der Waals surface area (Å²) in [4.78, 5) is 22.3. The second-order valence-corrected chi connectivity index (χ2v) is 5.61. The first kappa shape index (κ1) is 15.6. The van der Waals surface area contributed by atoms with E-state index < -0.39 is 0 Å². The van der Waals surface area contributed by atoms with Crippen LogP contribution >= 0.6 is 0 Å². The van der Waals surface area contributed by atoms with Crippen molar-refractivity contribution < 1.29 is 13.9 Å². The number of halogens is 1. The lowest BCUT2D eigenvalue weighted by molar-refractivity contribution is 0.0731. The molecule has 1 aliphatic rings. The van der Waals surface area contributed by atoms with E-state index in [9.17, 15) is 9.18 Å². The van der Waals surface area contributed by atoms with Crippen molar-refractivity contribution in [1.29, 1.82) is 0 Å². The summed E-state index contributed by atoms with van der Waals surface area (Å²) in [5, 5.41) is 0. The van der Waals surface area contributed by atoms with Gasteiger partial charge in [-0.25, -0.2) is 9.37 Å². The van der Waals surface area contributed by atoms with E-state index in [0.29, 0.717) is 32.0 Å². The second-order valence-electron chi connectivity index (χ2n) is 5.61. The highest BCUT2D eigenvalue weighted by Crippen LogP contribution is 2.16. The highest BCUT2D eigenvalue weighted by atomic mass is 19.1. The largest absolute Gasteiger partial charge is 0.379 e. The van der Waals surface area contributed by atoms with E-state index in [1.165, 1.54) is 24.5 Å². The van der Waals surface area contributed by atoms with Gasteiger partial charge in [-0.15, -0.1) is 0 Å². The topological polar surface area (TPSA) is 55.3 Å². The zero-order valence-electron chi connectivity index (χ0n) is 12.7. The fraction of sp³-hybridized carbons (Fsp3) is 0.353. The van der Waals surface area contributed by atoms with Crippen molar-refractivity contribution in [2.45, 2.75) is 6.42 Å². The average Bonchev–Trinajstić information content (AvgIpc) is 2.83. The van der Waals surface area contributed by atoms with Crippen molar-refractivity contribution in [1.82, 2.24) is 14.9 Å². The predicted molar refractivity (Wildman–Crippen MR) is 82.3 cm³/mol. The average molecular weight is 315 g/mol. The van der Waals surface area contributed by atoms with Crippen LogP contribution in [0, 0.1) is 11.7 Å². The van der Waals surface area contributed by atoms with E-state index >= 15 is 0 Å². The second kappa shape index (κ2) is 7.28. The first-order chi connectivity index (χ1) is 11.2. The Kier molecular flexibility index (Phi) is 4.92. The van der Waals surface area contributed by atoms with E-state index in [-0.39, 0.29) is 17.6 Å². The minimum Gasteiger partial charge on any atom is -0.379 e. The van der Waals surface area contributed by atoms with Crippen molar-refractivity contribution >= 4 is 5.91 Å². The van der Waals surface area contributed by atoms with Crippen LogP contribution in [0.15, 0.2) is 42.9 Å². The fourth-order valence-corrected chi connectivity index (χ4v) is 2.71. The zero-order chi connectivity index (χ0) is 16.1. The first-order valence-electron chi connectivity index (χ1n) is 7.60. The number of ether oxygens (including phenoxy) is 1. The molecule has 0 saturated carbocycles. The predicted octanol–water partition coefficient (Wildman–Crippen LogP) is 1.95. The van der Waals surface area contributed by atoms with Gasteiger partial charge in [0.05, 0.1) is 19.4 Å². The molecule has 1 unspecified atom stereocenters.